The van der Waals surface area contributed by atoms with Gasteiger partial charge in [0.05, 0.1) is 16.8 Å². The van der Waals surface area contributed by atoms with Gasteiger partial charge in [-0.25, -0.2) is 0 Å². The average Bonchev–Trinajstić information content (AvgIpc) is 3.19. The second kappa shape index (κ2) is 7.81. The summed E-state index contributed by atoms with van der Waals surface area (Å²) >= 11 is 11.9. The molecule has 26 heavy (non-hydrogen) atoms. The number of aromatic nitrogens is 2. The molecule has 0 spiro atoms. The smallest absolute Gasteiger partial charge is 0.189 e. The molecular formula is C19H16Cl2N2O3. The van der Waals surface area contributed by atoms with Gasteiger partial charge >= 0.3 is 0 Å². The second-order valence-electron chi connectivity index (χ2n) is 5.63. The van der Waals surface area contributed by atoms with Crippen LogP contribution < -0.4 is 4.74 Å². The van der Waals surface area contributed by atoms with Crippen LogP contribution in [0.1, 0.15) is 27.6 Å². The number of carbonyl (C=O) groups excluding carboxylic acids is 1. The molecule has 5 nitrogen and oxygen atoms in total. The van der Waals surface area contributed by atoms with Crippen LogP contribution in [0.5, 0.6) is 5.75 Å². The molecule has 0 atom stereocenters. The van der Waals surface area contributed by atoms with Crippen molar-refractivity contribution in [1.29, 1.82) is 0 Å². The fourth-order valence-electron chi connectivity index (χ4n) is 2.29. The summed E-state index contributed by atoms with van der Waals surface area (Å²) in [6.45, 7) is 2.06. The molecule has 1 aromatic carbocycles. The van der Waals surface area contributed by atoms with E-state index in [1.54, 1.807) is 54.3 Å². The topological polar surface area (TPSA) is 57.3 Å². The maximum absolute atomic E-state index is 12.2. The monoisotopic (exact) mass is 390 g/mol. The van der Waals surface area contributed by atoms with Crippen molar-refractivity contribution in [2.75, 3.05) is 0 Å². The Morgan fingerprint density at radius 2 is 2.12 bits per heavy atom. The SMILES string of the molecule is Cc1c(C(=O)/C=C\c2ccc(COc3ccc(Cl)cc3Cl)o2)cnn1C. The number of halogens is 2. The van der Waals surface area contributed by atoms with Crippen molar-refractivity contribution in [1.82, 2.24) is 9.78 Å². The fourth-order valence-corrected chi connectivity index (χ4v) is 2.75. The third-order valence-corrected chi connectivity index (χ3v) is 4.38. The van der Waals surface area contributed by atoms with E-state index in [0.717, 1.165) is 5.69 Å². The van der Waals surface area contributed by atoms with Crippen LogP contribution in [0.4, 0.5) is 0 Å². The molecule has 0 amide bonds. The lowest BCUT2D eigenvalue weighted by Crippen LogP contribution is -1.98. The molecule has 0 aliphatic carbocycles. The first-order chi connectivity index (χ1) is 12.4. The lowest BCUT2D eigenvalue weighted by atomic mass is 10.1. The summed E-state index contributed by atoms with van der Waals surface area (Å²) in [7, 11) is 1.79. The van der Waals surface area contributed by atoms with E-state index in [2.05, 4.69) is 5.10 Å². The Balaban J connectivity index is 1.62. The Bertz CT molecular complexity index is 973. The van der Waals surface area contributed by atoms with Crippen molar-refractivity contribution in [3.63, 3.8) is 0 Å². The highest BCUT2D eigenvalue weighted by molar-refractivity contribution is 6.35. The van der Waals surface area contributed by atoms with Crippen molar-refractivity contribution in [2.24, 2.45) is 7.05 Å². The number of carbonyl (C=O) groups is 1. The van der Waals surface area contributed by atoms with Gasteiger partial charge in [-0.05, 0) is 49.4 Å². The predicted octanol–water partition coefficient (Wildman–Crippen LogP) is 5.10. The van der Waals surface area contributed by atoms with Gasteiger partial charge in [-0.2, -0.15) is 5.10 Å². The number of ether oxygens (including phenoxy) is 1. The molecule has 2 aromatic heterocycles. The van der Waals surface area contributed by atoms with Crippen molar-refractivity contribution < 1.29 is 13.9 Å². The maximum Gasteiger partial charge on any atom is 0.189 e. The minimum atomic E-state index is -0.127. The summed E-state index contributed by atoms with van der Waals surface area (Å²) in [5, 5.41) is 5.04. The molecule has 0 radical (unpaired) electrons. The third-order valence-electron chi connectivity index (χ3n) is 3.85. The summed E-state index contributed by atoms with van der Waals surface area (Å²) in [5.41, 5.74) is 1.38. The minimum Gasteiger partial charge on any atom is -0.484 e. The van der Waals surface area contributed by atoms with Gasteiger partial charge in [0.2, 0.25) is 0 Å². The van der Waals surface area contributed by atoms with E-state index in [-0.39, 0.29) is 12.4 Å². The highest BCUT2D eigenvalue weighted by atomic mass is 35.5. The van der Waals surface area contributed by atoms with E-state index >= 15 is 0 Å². The lowest BCUT2D eigenvalue weighted by Gasteiger charge is -2.06. The molecule has 7 heteroatoms. The number of hydrogen-bond donors (Lipinski definition) is 0. The van der Waals surface area contributed by atoms with Gasteiger partial charge in [-0.1, -0.05) is 23.2 Å². The Hall–Kier alpha value is -2.50. The predicted molar refractivity (Wildman–Crippen MR) is 101 cm³/mol. The summed E-state index contributed by atoms with van der Waals surface area (Å²) in [4.78, 5) is 12.2. The Labute approximate surface area is 160 Å². The second-order valence-corrected chi connectivity index (χ2v) is 6.48. The number of nitrogens with zero attached hydrogens (tertiary/aromatic N) is 2. The van der Waals surface area contributed by atoms with Gasteiger partial charge in [0.15, 0.2) is 5.78 Å². The van der Waals surface area contributed by atoms with E-state index in [1.165, 1.54) is 6.08 Å². The lowest BCUT2D eigenvalue weighted by molar-refractivity contribution is 0.104. The Kier molecular flexibility index (Phi) is 5.49. The number of hydrogen-bond acceptors (Lipinski definition) is 4. The van der Waals surface area contributed by atoms with Crippen molar-refractivity contribution in [3.05, 3.63) is 75.4 Å². The molecule has 0 saturated heterocycles. The molecule has 0 N–H and O–H groups in total. The summed E-state index contributed by atoms with van der Waals surface area (Å²) in [6.07, 6.45) is 4.64. The third kappa shape index (κ3) is 4.18. The number of furan rings is 1. The van der Waals surface area contributed by atoms with Crippen LogP contribution in [0, 0.1) is 6.92 Å². The van der Waals surface area contributed by atoms with Gasteiger partial charge in [-0.3, -0.25) is 9.48 Å². The number of aryl methyl sites for hydroxylation is 1. The van der Waals surface area contributed by atoms with E-state index in [0.29, 0.717) is 32.9 Å². The highest BCUT2D eigenvalue weighted by Gasteiger charge is 2.10. The first kappa shape index (κ1) is 18.3. The van der Waals surface area contributed by atoms with E-state index in [4.69, 9.17) is 32.4 Å². The van der Waals surface area contributed by atoms with Gasteiger partial charge in [0.1, 0.15) is 23.9 Å². The van der Waals surface area contributed by atoms with Crippen LogP contribution in [0.25, 0.3) is 6.08 Å². The van der Waals surface area contributed by atoms with Crippen molar-refractivity contribution >= 4 is 35.1 Å². The Morgan fingerprint density at radius 3 is 2.81 bits per heavy atom. The van der Waals surface area contributed by atoms with Crippen LogP contribution in [-0.2, 0) is 13.7 Å². The summed E-state index contributed by atoms with van der Waals surface area (Å²) in [5.74, 6) is 1.56. The molecule has 2 heterocycles. The molecule has 134 valence electrons. The number of allylic oxidation sites excluding steroid dienone is 1. The molecule has 3 aromatic rings. The molecule has 0 unspecified atom stereocenters. The molecule has 0 saturated carbocycles. The first-order valence-electron chi connectivity index (χ1n) is 7.81. The van der Waals surface area contributed by atoms with Crippen molar-refractivity contribution in [3.8, 4) is 5.75 Å². The Morgan fingerprint density at radius 1 is 1.31 bits per heavy atom. The molecule has 0 bridgehead atoms. The largest absolute Gasteiger partial charge is 0.484 e. The van der Waals surface area contributed by atoms with Crippen molar-refractivity contribution in [2.45, 2.75) is 13.5 Å². The molecule has 3 rings (SSSR count). The summed E-state index contributed by atoms with van der Waals surface area (Å²) in [6, 6.07) is 8.56. The highest BCUT2D eigenvalue weighted by Crippen LogP contribution is 2.28. The molecule has 0 aliphatic heterocycles. The maximum atomic E-state index is 12.2. The zero-order chi connectivity index (χ0) is 18.7. The van der Waals surface area contributed by atoms with E-state index in [9.17, 15) is 4.79 Å². The number of rotatable bonds is 6. The molecule has 0 aliphatic rings. The minimum absolute atomic E-state index is 0.127. The zero-order valence-electron chi connectivity index (χ0n) is 14.2. The average molecular weight is 391 g/mol. The number of ketones is 1. The van der Waals surface area contributed by atoms with E-state index in [1.807, 2.05) is 6.92 Å². The quantitative estimate of drug-likeness (QED) is 0.433. The standard InChI is InChI=1S/C19H16Cl2N2O3/c1-12-16(10-22-23(12)2)18(24)7-6-14-4-5-15(26-14)11-25-19-8-3-13(20)9-17(19)21/h3-10H,11H2,1-2H3/b7-6-. The van der Waals surface area contributed by atoms with Gasteiger partial charge in [0, 0.05) is 17.8 Å². The summed E-state index contributed by atoms with van der Waals surface area (Å²) < 4.78 is 12.9. The fraction of sp³-hybridized carbons (Fsp3) is 0.158. The van der Waals surface area contributed by atoms with Crippen LogP contribution in [0.3, 0.4) is 0 Å². The van der Waals surface area contributed by atoms with Crippen LogP contribution in [0.15, 0.2) is 47.0 Å². The molecular weight excluding hydrogens is 375 g/mol. The molecule has 0 fully saturated rings. The van der Waals surface area contributed by atoms with Gasteiger partial charge < -0.3 is 9.15 Å². The normalized spacial score (nSPS) is 11.2. The zero-order valence-corrected chi connectivity index (χ0v) is 15.7. The van der Waals surface area contributed by atoms with Crippen LogP contribution in [-0.4, -0.2) is 15.6 Å². The first-order valence-corrected chi connectivity index (χ1v) is 8.57. The van der Waals surface area contributed by atoms with E-state index < -0.39 is 0 Å². The van der Waals surface area contributed by atoms with Crippen LogP contribution >= 0.6 is 23.2 Å². The number of benzene rings is 1. The van der Waals surface area contributed by atoms with Gasteiger partial charge in [0.25, 0.3) is 0 Å². The van der Waals surface area contributed by atoms with Crippen LogP contribution in [0.2, 0.25) is 10.0 Å². The van der Waals surface area contributed by atoms with Gasteiger partial charge in [-0.15, -0.1) is 0 Å².